The van der Waals surface area contributed by atoms with E-state index in [1.807, 2.05) is 12.1 Å². The Morgan fingerprint density at radius 2 is 2.16 bits per heavy atom. The predicted molar refractivity (Wildman–Crippen MR) is 78.8 cm³/mol. The molecular formula is C14H19N3OS. The lowest BCUT2D eigenvalue weighted by atomic mass is 10.2. The van der Waals surface area contributed by atoms with Crippen molar-refractivity contribution in [2.24, 2.45) is 0 Å². The molecule has 0 amide bonds. The van der Waals surface area contributed by atoms with Gasteiger partial charge >= 0.3 is 0 Å². The third-order valence-electron chi connectivity index (χ3n) is 2.58. The molecule has 2 rings (SSSR count). The smallest absolute Gasteiger partial charge is 0.205 e. The van der Waals surface area contributed by atoms with Crippen LogP contribution >= 0.6 is 11.3 Å². The first kappa shape index (κ1) is 13.8. The number of benzene rings is 1. The second-order valence-electron chi connectivity index (χ2n) is 4.20. The minimum atomic E-state index is 0.738. The normalized spacial score (nSPS) is 10.4. The van der Waals surface area contributed by atoms with Gasteiger partial charge in [0.25, 0.3) is 0 Å². The van der Waals surface area contributed by atoms with E-state index in [9.17, 15) is 0 Å². The molecule has 0 aliphatic heterocycles. The topological polar surface area (TPSA) is 47.0 Å². The lowest BCUT2D eigenvalue weighted by Crippen LogP contribution is -2.00. The van der Waals surface area contributed by atoms with Crippen molar-refractivity contribution < 1.29 is 4.74 Å². The molecule has 0 saturated carbocycles. The van der Waals surface area contributed by atoms with Crippen LogP contribution in [0, 0.1) is 0 Å². The fourth-order valence-corrected chi connectivity index (χ4v) is 2.29. The van der Waals surface area contributed by atoms with E-state index in [2.05, 4.69) is 41.5 Å². The molecule has 102 valence electrons. The van der Waals surface area contributed by atoms with Gasteiger partial charge in [0.15, 0.2) is 0 Å². The third kappa shape index (κ3) is 4.21. The van der Waals surface area contributed by atoms with Crippen molar-refractivity contribution in [3.63, 3.8) is 0 Å². The van der Waals surface area contributed by atoms with E-state index >= 15 is 0 Å². The monoisotopic (exact) mass is 277 g/mol. The Morgan fingerprint density at radius 3 is 2.89 bits per heavy atom. The molecule has 0 radical (unpaired) electrons. The Morgan fingerprint density at radius 1 is 1.26 bits per heavy atom. The van der Waals surface area contributed by atoms with Gasteiger partial charge in [-0.15, -0.1) is 10.2 Å². The van der Waals surface area contributed by atoms with Crippen LogP contribution in [0.25, 0.3) is 0 Å². The minimum absolute atomic E-state index is 0.738. The van der Waals surface area contributed by atoms with Gasteiger partial charge in [-0.2, -0.15) is 0 Å². The Hall–Kier alpha value is -1.62. The fourth-order valence-electron chi connectivity index (χ4n) is 1.61. The molecule has 1 aromatic heterocycles. The SMILES string of the molecule is CCCOc1cccc(CNc2nnc(CC)s2)c1. The summed E-state index contributed by atoms with van der Waals surface area (Å²) >= 11 is 1.61. The maximum Gasteiger partial charge on any atom is 0.205 e. The van der Waals surface area contributed by atoms with Crippen LogP contribution in [-0.4, -0.2) is 16.8 Å². The van der Waals surface area contributed by atoms with E-state index in [0.717, 1.165) is 41.9 Å². The Labute approximate surface area is 117 Å². The fraction of sp³-hybridized carbons (Fsp3) is 0.429. The number of nitrogens with zero attached hydrogens (tertiary/aromatic N) is 2. The first-order valence-corrected chi connectivity index (χ1v) is 7.41. The number of anilines is 1. The summed E-state index contributed by atoms with van der Waals surface area (Å²) in [4.78, 5) is 0. The molecule has 0 atom stereocenters. The van der Waals surface area contributed by atoms with Crippen molar-refractivity contribution >= 4 is 16.5 Å². The second kappa shape index (κ2) is 7.09. The summed E-state index contributed by atoms with van der Waals surface area (Å²) in [5, 5.41) is 13.4. The van der Waals surface area contributed by atoms with Gasteiger partial charge in [0.1, 0.15) is 10.8 Å². The van der Waals surface area contributed by atoms with Crippen LogP contribution in [-0.2, 0) is 13.0 Å². The van der Waals surface area contributed by atoms with Crippen molar-refractivity contribution in [2.75, 3.05) is 11.9 Å². The summed E-state index contributed by atoms with van der Waals surface area (Å²) in [5.74, 6) is 0.924. The molecule has 0 aliphatic carbocycles. The zero-order valence-corrected chi connectivity index (χ0v) is 12.2. The van der Waals surface area contributed by atoms with E-state index in [1.54, 1.807) is 11.3 Å². The van der Waals surface area contributed by atoms with Crippen molar-refractivity contribution in [3.8, 4) is 5.75 Å². The standard InChI is InChI=1S/C14H19N3OS/c1-3-8-18-12-7-5-6-11(9-12)10-15-14-17-16-13(4-2)19-14/h5-7,9H,3-4,8,10H2,1-2H3,(H,15,17). The highest BCUT2D eigenvalue weighted by molar-refractivity contribution is 7.15. The average Bonchev–Trinajstić information content (AvgIpc) is 2.91. The molecule has 0 bridgehead atoms. The van der Waals surface area contributed by atoms with Gasteiger partial charge in [-0.25, -0.2) is 0 Å². The molecule has 19 heavy (non-hydrogen) atoms. The van der Waals surface area contributed by atoms with Gasteiger partial charge in [-0.05, 0) is 30.5 Å². The third-order valence-corrected chi connectivity index (χ3v) is 3.61. The Kier molecular flexibility index (Phi) is 5.15. The molecular weight excluding hydrogens is 258 g/mol. The Balaban J connectivity index is 1.91. The zero-order chi connectivity index (χ0) is 13.5. The van der Waals surface area contributed by atoms with Gasteiger partial charge < -0.3 is 10.1 Å². The predicted octanol–water partition coefficient (Wildman–Crippen LogP) is 3.50. The van der Waals surface area contributed by atoms with Crippen LogP contribution in [0.2, 0.25) is 0 Å². The highest BCUT2D eigenvalue weighted by Crippen LogP contribution is 2.18. The molecule has 1 heterocycles. The number of aromatic nitrogens is 2. The molecule has 0 fully saturated rings. The molecule has 4 nitrogen and oxygen atoms in total. The quantitative estimate of drug-likeness (QED) is 0.841. The lowest BCUT2D eigenvalue weighted by molar-refractivity contribution is 0.317. The van der Waals surface area contributed by atoms with Crippen molar-refractivity contribution in [2.45, 2.75) is 33.2 Å². The van der Waals surface area contributed by atoms with Gasteiger partial charge in [-0.1, -0.05) is 37.3 Å². The molecule has 2 aromatic rings. The molecule has 1 N–H and O–H groups in total. The van der Waals surface area contributed by atoms with Crippen LogP contribution in [0.5, 0.6) is 5.75 Å². The zero-order valence-electron chi connectivity index (χ0n) is 11.3. The second-order valence-corrected chi connectivity index (χ2v) is 5.27. The lowest BCUT2D eigenvalue weighted by Gasteiger charge is -2.07. The van der Waals surface area contributed by atoms with Crippen LogP contribution in [0.1, 0.15) is 30.8 Å². The number of nitrogens with one attached hydrogen (secondary N) is 1. The summed E-state index contributed by atoms with van der Waals surface area (Å²) in [6.45, 7) is 5.68. The molecule has 0 saturated heterocycles. The number of hydrogen-bond acceptors (Lipinski definition) is 5. The van der Waals surface area contributed by atoms with Crippen LogP contribution < -0.4 is 10.1 Å². The van der Waals surface area contributed by atoms with Gasteiger partial charge in [0, 0.05) is 6.54 Å². The van der Waals surface area contributed by atoms with E-state index in [1.165, 1.54) is 5.56 Å². The highest BCUT2D eigenvalue weighted by Gasteiger charge is 2.02. The number of hydrogen-bond donors (Lipinski definition) is 1. The van der Waals surface area contributed by atoms with Crippen LogP contribution in [0.15, 0.2) is 24.3 Å². The minimum Gasteiger partial charge on any atom is -0.494 e. The summed E-state index contributed by atoms with van der Waals surface area (Å²) in [6.07, 6.45) is 1.95. The van der Waals surface area contributed by atoms with Gasteiger partial charge in [-0.3, -0.25) is 0 Å². The summed E-state index contributed by atoms with van der Waals surface area (Å²) in [5.41, 5.74) is 1.18. The number of ether oxygens (including phenoxy) is 1. The molecule has 0 spiro atoms. The average molecular weight is 277 g/mol. The van der Waals surface area contributed by atoms with E-state index in [4.69, 9.17) is 4.74 Å². The van der Waals surface area contributed by atoms with Gasteiger partial charge in [0.2, 0.25) is 5.13 Å². The number of aryl methyl sites for hydroxylation is 1. The first-order valence-electron chi connectivity index (χ1n) is 6.59. The largest absolute Gasteiger partial charge is 0.494 e. The maximum absolute atomic E-state index is 5.62. The highest BCUT2D eigenvalue weighted by atomic mass is 32.1. The molecule has 0 unspecified atom stereocenters. The number of rotatable bonds is 7. The molecule has 1 aromatic carbocycles. The van der Waals surface area contributed by atoms with Crippen LogP contribution in [0.3, 0.4) is 0 Å². The molecule has 5 heteroatoms. The first-order chi connectivity index (χ1) is 9.31. The maximum atomic E-state index is 5.62. The van der Waals surface area contributed by atoms with Crippen molar-refractivity contribution in [1.82, 2.24) is 10.2 Å². The molecule has 0 aliphatic rings. The summed E-state index contributed by atoms with van der Waals surface area (Å²) in [6, 6.07) is 8.14. The van der Waals surface area contributed by atoms with Crippen molar-refractivity contribution in [3.05, 3.63) is 34.8 Å². The summed E-state index contributed by atoms with van der Waals surface area (Å²) in [7, 11) is 0. The van der Waals surface area contributed by atoms with Crippen molar-refractivity contribution in [1.29, 1.82) is 0 Å². The van der Waals surface area contributed by atoms with E-state index in [-0.39, 0.29) is 0 Å². The van der Waals surface area contributed by atoms with Crippen LogP contribution in [0.4, 0.5) is 5.13 Å². The van der Waals surface area contributed by atoms with Gasteiger partial charge in [0.05, 0.1) is 6.61 Å². The Bertz CT molecular complexity index is 513. The van der Waals surface area contributed by atoms with E-state index < -0.39 is 0 Å². The summed E-state index contributed by atoms with van der Waals surface area (Å²) < 4.78 is 5.62. The van der Waals surface area contributed by atoms with E-state index in [0.29, 0.717) is 0 Å².